The van der Waals surface area contributed by atoms with Gasteiger partial charge in [0.05, 0.1) is 27.4 Å². The summed E-state index contributed by atoms with van der Waals surface area (Å²) in [4.78, 5) is 0. The minimum Gasteiger partial charge on any atom is -0.493 e. The zero-order valence-corrected chi connectivity index (χ0v) is 12.7. The van der Waals surface area contributed by atoms with Crippen LogP contribution in [0.5, 0.6) is 17.2 Å². The highest BCUT2D eigenvalue weighted by molar-refractivity contribution is 5.57. The summed E-state index contributed by atoms with van der Waals surface area (Å²) in [6.45, 7) is 4.93. The molecule has 1 N–H and O–H groups in total. The van der Waals surface area contributed by atoms with Crippen molar-refractivity contribution < 1.29 is 14.2 Å². The van der Waals surface area contributed by atoms with Crippen LogP contribution in [0.1, 0.15) is 25.5 Å². The van der Waals surface area contributed by atoms with Gasteiger partial charge >= 0.3 is 0 Å². The van der Waals surface area contributed by atoms with Crippen LogP contribution in [0.2, 0.25) is 0 Å². The second-order valence-corrected chi connectivity index (χ2v) is 4.79. The topological polar surface area (TPSA) is 63.5 Å². The van der Waals surface area contributed by atoms with Crippen molar-refractivity contribution in [2.24, 2.45) is 5.92 Å². The lowest BCUT2D eigenvalue weighted by molar-refractivity contribution is 0.320. The van der Waals surface area contributed by atoms with Crippen LogP contribution >= 0.6 is 0 Å². The molecule has 5 nitrogen and oxygen atoms in total. The smallest absolute Gasteiger partial charge is 0.203 e. The molecule has 1 aromatic rings. The van der Waals surface area contributed by atoms with Crippen molar-refractivity contribution in [3.8, 4) is 23.3 Å². The molecule has 5 heteroatoms. The fourth-order valence-electron chi connectivity index (χ4n) is 1.93. The van der Waals surface area contributed by atoms with Crippen molar-refractivity contribution in [2.75, 3.05) is 27.9 Å². The first-order chi connectivity index (χ1) is 9.58. The van der Waals surface area contributed by atoms with Gasteiger partial charge in [0, 0.05) is 5.56 Å². The SMILES string of the molecule is COc1ccc(C(C#N)NCC(C)C)c(OC)c1OC. The van der Waals surface area contributed by atoms with Crippen LogP contribution in [-0.2, 0) is 0 Å². The zero-order valence-electron chi connectivity index (χ0n) is 12.7. The zero-order chi connectivity index (χ0) is 15.1. The van der Waals surface area contributed by atoms with Gasteiger partial charge in [0.25, 0.3) is 0 Å². The van der Waals surface area contributed by atoms with E-state index >= 15 is 0 Å². The normalized spacial score (nSPS) is 11.8. The maximum atomic E-state index is 9.36. The Bertz CT molecular complexity index is 481. The van der Waals surface area contributed by atoms with Gasteiger partial charge < -0.3 is 14.2 Å². The minimum absolute atomic E-state index is 0.452. The third kappa shape index (κ3) is 3.55. The van der Waals surface area contributed by atoms with E-state index in [1.807, 2.05) is 6.07 Å². The van der Waals surface area contributed by atoms with Gasteiger partial charge in [0.2, 0.25) is 5.75 Å². The molecule has 0 saturated carbocycles. The third-order valence-corrected chi connectivity index (χ3v) is 2.90. The third-order valence-electron chi connectivity index (χ3n) is 2.90. The maximum Gasteiger partial charge on any atom is 0.203 e. The molecular weight excluding hydrogens is 256 g/mol. The molecule has 1 rings (SSSR count). The van der Waals surface area contributed by atoms with E-state index in [0.717, 1.165) is 12.1 Å². The summed E-state index contributed by atoms with van der Waals surface area (Å²) in [7, 11) is 4.67. The van der Waals surface area contributed by atoms with E-state index in [1.54, 1.807) is 27.4 Å². The van der Waals surface area contributed by atoms with Gasteiger partial charge in [-0.1, -0.05) is 13.8 Å². The number of nitrogens with zero attached hydrogens (tertiary/aromatic N) is 1. The summed E-state index contributed by atoms with van der Waals surface area (Å²) in [5.41, 5.74) is 0.744. The second-order valence-electron chi connectivity index (χ2n) is 4.79. The highest BCUT2D eigenvalue weighted by Gasteiger charge is 2.22. The van der Waals surface area contributed by atoms with Crippen molar-refractivity contribution in [1.82, 2.24) is 5.32 Å². The number of ether oxygens (including phenoxy) is 3. The Balaban J connectivity index is 3.19. The van der Waals surface area contributed by atoms with Gasteiger partial charge in [0.15, 0.2) is 11.5 Å². The molecule has 0 spiro atoms. The Kier molecular flexibility index (Phi) is 6.13. The first kappa shape index (κ1) is 16.1. The summed E-state index contributed by atoms with van der Waals surface area (Å²) in [6.07, 6.45) is 0. The first-order valence-corrected chi connectivity index (χ1v) is 6.50. The van der Waals surface area contributed by atoms with E-state index in [-0.39, 0.29) is 0 Å². The number of methoxy groups -OCH3 is 3. The molecule has 0 bridgehead atoms. The monoisotopic (exact) mass is 278 g/mol. The Hall–Kier alpha value is -1.93. The molecule has 110 valence electrons. The lowest BCUT2D eigenvalue weighted by Crippen LogP contribution is -2.24. The summed E-state index contributed by atoms with van der Waals surface area (Å²) in [6, 6.07) is 5.39. The highest BCUT2D eigenvalue weighted by Crippen LogP contribution is 2.41. The number of nitrogens with one attached hydrogen (secondary N) is 1. The van der Waals surface area contributed by atoms with E-state index < -0.39 is 6.04 Å². The van der Waals surface area contributed by atoms with E-state index in [0.29, 0.717) is 23.2 Å². The quantitative estimate of drug-likeness (QED) is 0.830. The van der Waals surface area contributed by atoms with Gasteiger partial charge in [-0.25, -0.2) is 0 Å². The van der Waals surface area contributed by atoms with Gasteiger partial charge in [0.1, 0.15) is 6.04 Å². The molecule has 1 aromatic carbocycles. The van der Waals surface area contributed by atoms with Gasteiger partial charge in [-0.15, -0.1) is 0 Å². The molecule has 0 saturated heterocycles. The second kappa shape index (κ2) is 7.61. The van der Waals surface area contributed by atoms with E-state index in [1.165, 1.54) is 0 Å². The number of hydrogen-bond acceptors (Lipinski definition) is 5. The van der Waals surface area contributed by atoms with Crippen LogP contribution in [0.3, 0.4) is 0 Å². The van der Waals surface area contributed by atoms with Crippen LogP contribution in [0.25, 0.3) is 0 Å². The van der Waals surface area contributed by atoms with Crippen molar-refractivity contribution in [3.05, 3.63) is 17.7 Å². The average molecular weight is 278 g/mol. The Morgan fingerprint density at radius 2 is 1.75 bits per heavy atom. The molecule has 0 aliphatic carbocycles. The number of nitriles is 1. The van der Waals surface area contributed by atoms with E-state index in [2.05, 4.69) is 25.2 Å². The van der Waals surface area contributed by atoms with Crippen molar-refractivity contribution >= 4 is 0 Å². The summed E-state index contributed by atoms with van der Waals surface area (Å²) in [5, 5.41) is 12.6. The maximum absolute atomic E-state index is 9.36. The minimum atomic E-state index is -0.452. The number of benzene rings is 1. The summed E-state index contributed by atoms with van der Waals surface area (Å²) in [5.74, 6) is 2.05. The predicted molar refractivity (Wildman–Crippen MR) is 77.3 cm³/mol. The Morgan fingerprint density at radius 3 is 2.20 bits per heavy atom. The molecule has 0 aliphatic rings. The molecule has 0 radical (unpaired) electrons. The summed E-state index contributed by atoms with van der Waals surface area (Å²) >= 11 is 0. The largest absolute Gasteiger partial charge is 0.493 e. The molecular formula is C15H22N2O3. The first-order valence-electron chi connectivity index (χ1n) is 6.50. The van der Waals surface area contributed by atoms with Crippen LogP contribution in [0, 0.1) is 17.2 Å². The van der Waals surface area contributed by atoms with Crippen molar-refractivity contribution in [1.29, 1.82) is 5.26 Å². The van der Waals surface area contributed by atoms with Crippen LogP contribution in [0.4, 0.5) is 0 Å². The lowest BCUT2D eigenvalue weighted by atomic mass is 10.0. The van der Waals surface area contributed by atoms with Gasteiger partial charge in [-0.05, 0) is 24.6 Å². The molecule has 0 heterocycles. The predicted octanol–water partition coefficient (Wildman–Crippen LogP) is 2.52. The molecule has 0 amide bonds. The van der Waals surface area contributed by atoms with Crippen LogP contribution in [0.15, 0.2) is 12.1 Å². The van der Waals surface area contributed by atoms with E-state index in [4.69, 9.17) is 14.2 Å². The van der Waals surface area contributed by atoms with Gasteiger partial charge in [-0.2, -0.15) is 5.26 Å². The molecule has 0 aliphatic heterocycles. The van der Waals surface area contributed by atoms with Crippen molar-refractivity contribution in [3.63, 3.8) is 0 Å². The van der Waals surface area contributed by atoms with Crippen LogP contribution in [-0.4, -0.2) is 27.9 Å². The lowest BCUT2D eigenvalue weighted by Gasteiger charge is -2.19. The summed E-state index contributed by atoms with van der Waals surface area (Å²) < 4.78 is 16.0. The molecule has 1 unspecified atom stereocenters. The Morgan fingerprint density at radius 1 is 1.10 bits per heavy atom. The average Bonchev–Trinajstić information content (AvgIpc) is 2.46. The number of rotatable bonds is 7. The van der Waals surface area contributed by atoms with Crippen molar-refractivity contribution in [2.45, 2.75) is 19.9 Å². The molecule has 0 fully saturated rings. The fraction of sp³-hybridized carbons (Fsp3) is 0.533. The standard InChI is InChI=1S/C15H22N2O3/c1-10(2)9-17-12(8-16)11-6-7-13(18-3)15(20-5)14(11)19-4/h6-7,10,12,17H,9H2,1-5H3. The van der Waals surface area contributed by atoms with Gasteiger partial charge in [-0.3, -0.25) is 5.32 Å². The molecule has 20 heavy (non-hydrogen) atoms. The number of hydrogen-bond donors (Lipinski definition) is 1. The molecule has 0 aromatic heterocycles. The van der Waals surface area contributed by atoms with Crippen LogP contribution < -0.4 is 19.5 Å². The fourth-order valence-corrected chi connectivity index (χ4v) is 1.93. The molecule has 1 atom stereocenters. The van der Waals surface area contributed by atoms with E-state index in [9.17, 15) is 5.26 Å². The Labute approximate surface area is 120 Å². The highest BCUT2D eigenvalue weighted by atomic mass is 16.5.